The van der Waals surface area contributed by atoms with Crippen LogP contribution in [0, 0.1) is 6.92 Å². The van der Waals surface area contributed by atoms with Gasteiger partial charge in [-0.3, -0.25) is 9.59 Å². The molecule has 0 aromatic heterocycles. The number of nitrogens with zero attached hydrogens (tertiary/aromatic N) is 1. The Morgan fingerprint density at radius 3 is 2.53 bits per heavy atom. The van der Waals surface area contributed by atoms with E-state index in [1.54, 1.807) is 11.9 Å². The molecular formula is C24H30N2O4. The average Bonchev–Trinajstić information content (AvgIpc) is 2.77. The van der Waals surface area contributed by atoms with Crippen molar-refractivity contribution in [2.24, 2.45) is 0 Å². The maximum Gasteiger partial charge on any atom is 0.242 e. The van der Waals surface area contributed by atoms with E-state index in [1.165, 1.54) is 0 Å². The van der Waals surface area contributed by atoms with E-state index in [9.17, 15) is 9.59 Å². The van der Waals surface area contributed by atoms with Gasteiger partial charge in [-0.25, -0.2) is 0 Å². The van der Waals surface area contributed by atoms with E-state index >= 15 is 0 Å². The highest BCUT2D eigenvalue weighted by Gasteiger charge is 2.27. The van der Waals surface area contributed by atoms with E-state index in [1.807, 2.05) is 50.2 Å². The van der Waals surface area contributed by atoms with Gasteiger partial charge in [-0.2, -0.15) is 0 Å². The van der Waals surface area contributed by atoms with Gasteiger partial charge in [-0.15, -0.1) is 0 Å². The van der Waals surface area contributed by atoms with Crippen LogP contribution < -0.4 is 14.8 Å². The fourth-order valence-electron chi connectivity index (χ4n) is 3.73. The predicted molar refractivity (Wildman–Crippen MR) is 116 cm³/mol. The zero-order valence-corrected chi connectivity index (χ0v) is 17.9. The summed E-state index contributed by atoms with van der Waals surface area (Å²) in [6.45, 7) is 5.44. The largest absolute Gasteiger partial charge is 0.486 e. The first-order valence-electron chi connectivity index (χ1n) is 10.5. The van der Waals surface area contributed by atoms with Crippen molar-refractivity contribution < 1.29 is 19.1 Å². The molecule has 3 rings (SSSR count). The van der Waals surface area contributed by atoms with E-state index < -0.39 is 6.04 Å². The van der Waals surface area contributed by atoms with Gasteiger partial charge < -0.3 is 19.7 Å². The number of benzene rings is 2. The Hall–Kier alpha value is -3.02. The number of aryl methyl sites for hydroxylation is 2. The summed E-state index contributed by atoms with van der Waals surface area (Å²) in [7, 11) is 1.61. The summed E-state index contributed by atoms with van der Waals surface area (Å²) in [6.07, 6.45) is 1.45. The minimum absolute atomic E-state index is 0.0400. The highest BCUT2D eigenvalue weighted by Crippen LogP contribution is 2.31. The third kappa shape index (κ3) is 5.32. The van der Waals surface area contributed by atoms with Crippen molar-refractivity contribution >= 4 is 11.8 Å². The molecule has 0 saturated carbocycles. The molecule has 0 aliphatic carbocycles. The van der Waals surface area contributed by atoms with Crippen molar-refractivity contribution in [3.05, 3.63) is 59.2 Å². The van der Waals surface area contributed by atoms with Crippen molar-refractivity contribution in [3.63, 3.8) is 0 Å². The Balaban J connectivity index is 1.74. The van der Waals surface area contributed by atoms with Gasteiger partial charge in [-0.1, -0.05) is 42.8 Å². The van der Waals surface area contributed by atoms with Crippen LogP contribution in [0.15, 0.2) is 42.5 Å². The number of carbonyl (C=O) groups is 2. The third-order valence-electron chi connectivity index (χ3n) is 5.30. The second kappa shape index (κ2) is 10.1. The first-order chi connectivity index (χ1) is 14.5. The average molecular weight is 411 g/mol. The van der Waals surface area contributed by atoms with Crippen LogP contribution in [0.25, 0.3) is 0 Å². The van der Waals surface area contributed by atoms with Crippen molar-refractivity contribution in [2.75, 3.05) is 20.3 Å². The third-order valence-corrected chi connectivity index (χ3v) is 5.30. The van der Waals surface area contributed by atoms with Crippen LogP contribution in [0.3, 0.4) is 0 Å². The van der Waals surface area contributed by atoms with Gasteiger partial charge in [0.1, 0.15) is 19.3 Å². The van der Waals surface area contributed by atoms with E-state index in [0.29, 0.717) is 39.0 Å². The molecule has 1 aliphatic rings. The standard InChI is InChI=1S/C24H30N2O4/c1-4-20(24(28)25-3)26(16-19-7-5-6-17(2)14-19)23(27)11-9-18-8-10-21-22(15-18)30-13-12-29-21/h5-8,10,14-15,20H,4,9,11-13,16H2,1-3H3,(H,25,28). The Labute approximate surface area is 178 Å². The summed E-state index contributed by atoms with van der Waals surface area (Å²) in [6, 6.07) is 13.3. The number of nitrogens with one attached hydrogen (secondary N) is 1. The highest BCUT2D eigenvalue weighted by atomic mass is 16.6. The number of rotatable bonds is 8. The Morgan fingerprint density at radius 1 is 1.07 bits per heavy atom. The summed E-state index contributed by atoms with van der Waals surface area (Å²) in [4.78, 5) is 27.4. The number of fused-ring (bicyclic) bond motifs is 1. The maximum atomic E-state index is 13.2. The first-order valence-corrected chi connectivity index (χ1v) is 10.5. The van der Waals surface area contributed by atoms with E-state index in [0.717, 1.165) is 28.2 Å². The lowest BCUT2D eigenvalue weighted by Crippen LogP contribution is -2.48. The van der Waals surface area contributed by atoms with Crippen LogP contribution in [0.5, 0.6) is 11.5 Å². The molecule has 1 N–H and O–H groups in total. The number of amides is 2. The number of carbonyl (C=O) groups excluding carboxylic acids is 2. The van der Waals surface area contributed by atoms with Gasteiger partial charge >= 0.3 is 0 Å². The molecule has 1 aliphatic heterocycles. The smallest absolute Gasteiger partial charge is 0.242 e. The summed E-state index contributed by atoms with van der Waals surface area (Å²) in [5.41, 5.74) is 3.16. The topological polar surface area (TPSA) is 67.9 Å². The lowest BCUT2D eigenvalue weighted by atomic mass is 10.0. The number of hydrogen-bond donors (Lipinski definition) is 1. The fourth-order valence-corrected chi connectivity index (χ4v) is 3.73. The van der Waals surface area contributed by atoms with E-state index in [2.05, 4.69) is 11.4 Å². The van der Waals surface area contributed by atoms with Crippen molar-refractivity contribution in [2.45, 2.75) is 45.7 Å². The Bertz CT molecular complexity index is 897. The molecule has 2 amide bonds. The SMILES string of the molecule is CCC(C(=O)NC)N(Cc1cccc(C)c1)C(=O)CCc1ccc2c(c1)OCCO2. The van der Waals surface area contributed by atoms with Crippen LogP contribution in [-0.2, 0) is 22.6 Å². The second-order valence-electron chi connectivity index (χ2n) is 7.53. The molecule has 160 valence electrons. The van der Waals surface area contributed by atoms with Crippen LogP contribution in [0.4, 0.5) is 0 Å². The normalized spacial score (nSPS) is 13.4. The molecule has 0 radical (unpaired) electrons. The molecule has 1 atom stereocenters. The molecule has 2 aromatic rings. The first kappa shape index (κ1) is 21.7. The predicted octanol–water partition coefficient (Wildman–Crippen LogP) is 3.25. The van der Waals surface area contributed by atoms with Gasteiger partial charge in [0, 0.05) is 20.0 Å². The molecule has 30 heavy (non-hydrogen) atoms. The Kier molecular flexibility index (Phi) is 7.33. The zero-order chi connectivity index (χ0) is 21.5. The lowest BCUT2D eigenvalue weighted by Gasteiger charge is -2.30. The molecule has 0 saturated heterocycles. The fraction of sp³-hybridized carbons (Fsp3) is 0.417. The van der Waals surface area contributed by atoms with E-state index in [-0.39, 0.29) is 11.8 Å². The Morgan fingerprint density at radius 2 is 1.83 bits per heavy atom. The number of hydrogen-bond acceptors (Lipinski definition) is 4. The monoisotopic (exact) mass is 410 g/mol. The molecule has 6 nitrogen and oxygen atoms in total. The molecule has 0 spiro atoms. The highest BCUT2D eigenvalue weighted by molar-refractivity contribution is 5.87. The lowest BCUT2D eigenvalue weighted by molar-refractivity contribution is -0.141. The molecule has 0 fully saturated rings. The van der Waals surface area contributed by atoms with Crippen molar-refractivity contribution in [1.29, 1.82) is 0 Å². The van der Waals surface area contributed by atoms with Crippen LogP contribution in [0.1, 0.15) is 36.5 Å². The summed E-state index contributed by atoms with van der Waals surface area (Å²) < 4.78 is 11.2. The number of ether oxygens (including phenoxy) is 2. The van der Waals surface area contributed by atoms with Crippen molar-refractivity contribution in [3.8, 4) is 11.5 Å². The molecular weight excluding hydrogens is 380 g/mol. The van der Waals surface area contributed by atoms with Gasteiger partial charge in [0.05, 0.1) is 0 Å². The molecule has 6 heteroatoms. The minimum Gasteiger partial charge on any atom is -0.486 e. The van der Waals surface area contributed by atoms with Crippen molar-refractivity contribution in [1.82, 2.24) is 10.2 Å². The van der Waals surface area contributed by atoms with Crippen LogP contribution >= 0.6 is 0 Å². The molecule has 1 unspecified atom stereocenters. The van der Waals surface area contributed by atoms with Crippen LogP contribution in [0.2, 0.25) is 0 Å². The summed E-state index contributed by atoms with van der Waals surface area (Å²) >= 11 is 0. The summed E-state index contributed by atoms with van der Waals surface area (Å²) in [5.74, 6) is 1.28. The van der Waals surface area contributed by atoms with E-state index in [4.69, 9.17) is 9.47 Å². The quantitative estimate of drug-likeness (QED) is 0.725. The molecule has 0 bridgehead atoms. The van der Waals surface area contributed by atoms with Gasteiger partial charge in [0.15, 0.2) is 11.5 Å². The second-order valence-corrected chi connectivity index (χ2v) is 7.53. The van der Waals surface area contributed by atoms with Gasteiger partial charge in [0.2, 0.25) is 11.8 Å². The van der Waals surface area contributed by atoms with Crippen LogP contribution in [-0.4, -0.2) is 43.0 Å². The number of likely N-dealkylation sites (N-methyl/N-ethyl adjacent to an activating group) is 1. The van der Waals surface area contributed by atoms with Gasteiger partial charge in [0.25, 0.3) is 0 Å². The molecule has 1 heterocycles. The summed E-state index contributed by atoms with van der Waals surface area (Å²) in [5, 5.41) is 2.69. The maximum absolute atomic E-state index is 13.2. The molecule has 2 aromatic carbocycles. The van der Waals surface area contributed by atoms with Gasteiger partial charge in [-0.05, 0) is 43.0 Å². The zero-order valence-electron chi connectivity index (χ0n) is 17.9. The minimum atomic E-state index is -0.497.